The van der Waals surface area contributed by atoms with Gasteiger partial charge < -0.3 is 10.2 Å². The van der Waals surface area contributed by atoms with E-state index in [0.29, 0.717) is 17.5 Å². The van der Waals surface area contributed by atoms with E-state index in [0.717, 1.165) is 16.8 Å². The summed E-state index contributed by atoms with van der Waals surface area (Å²) in [6, 6.07) is 7.34. The smallest absolute Gasteiger partial charge is 0.251 e. The van der Waals surface area contributed by atoms with Crippen LogP contribution in [0.25, 0.3) is 22.9 Å². The van der Waals surface area contributed by atoms with E-state index in [1.54, 1.807) is 10.7 Å². The average molecular weight is 255 g/mol. The SMILES string of the molecule is Cc1nn(C)cc1-c1nnc(-c2cccc(N)c2)o1. The quantitative estimate of drug-likeness (QED) is 0.708. The fraction of sp³-hybridized carbons (Fsp3) is 0.154. The molecule has 19 heavy (non-hydrogen) atoms. The number of hydrogen-bond acceptors (Lipinski definition) is 5. The Hall–Kier alpha value is -2.63. The average Bonchev–Trinajstić information content (AvgIpc) is 2.96. The monoisotopic (exact) mass is 255 g/mol. The Morgan fingerprint density at radius 2 is 2.00 bits per heavy atom. The highest BCUT2D eigenvalue weighted by Gasteiger charge is 2.14. The third kappa shape index (κ3) is 2.08. The van der Waals surface area contributed by atoms with E-state index in [1.165, 1.54) is 0 Å². The van der Waals surface area contributed by atoms with Crippen LogP contribution in [0, 0.1) is 6.92 Å². The van der Waals surface area contributed by atoms with Gasteiger partial charge >= 0.3 is 0 Å². The molecule has 2 aromatic heterocycles. The molecule has 0 aliphatic rings. The number of benzene rings is 1. The van der Waals surface area contributed by atoms with Gasteiger partial charge in [-0.1, -0.05) is 6.07 Å². The third-order valence-corrected chi connectivity index (χ3v) is 2.80. The van der Waals surface area contributed by atoms with Gasteiger partial charge in [0.2, 0.25) is 5.89 Å². The molecule has 6 heteroatoms. The Labute approximate surface area is 109 Å². The van der Waals surface area contributed by atoms with Crippen molar-refractivity contribution in [3.05, 3.63) is 36.2 Å². The number of hydrogen-bond donors (Lipinski definition) is 1. The first-order chi connectivity index (χ1) is 9.13. The molecule has 0 saturated heterocycles. The second-order valence-electron chi connectivity index (χ2n) is 4.34. The molecule has 0 aliphatic heterocycles. The predicted molar refractivity (Wildman–Crippen MR) is 71.1 cm³/mol. The van der Waals surface area contributed by atoms with Crippen molar-refractivity contribution in [2.24, 2.45) is 7.05 Å². The molecule has 0 radical (unpaired) electrons. The van der Waals surface area contributed by atoms with Crippen LogP contribution in [0.4, 0.5) is 5.69 Å². The molecule has 0 aliphatic carbocycles. The lowest BCUT2D eigenvalue weighted by Gasteiger charge is -1.96. The van der Waals surface area contributed by atoms with Crippen LogP contribution in [-0.2, 0) is 7.05 Å². The molecule has 3 rings (SSSR count). The molecule has 0 spiro atoms. The number of anilines is 1. The molecular formula is C13H13N5O. The van der Waals surface area contributed by atoms with E-state index in [2.05, 4.69) is 15.3 Å². The summed E-state index contributed by atoms with van der Waals surface area (Å²) in [5, 5.41) is 12.4. The van der Waals surface area contributed by atoms with Gasteiger partial charge in [-0.2, -0.15) is 5.10 Å². The molecule has 0 saturated carbocycles. The number of nitrogen functional groups attached to an aromatic ring is 1. The van der Waals surface area contributed by atoms with Gasteiger partial charge in [0.05, 0.1) is 11.3 Å². The standard InChI is InChI=1S/C13H13N5O/c1-8-11(7-18(2)17-8)13-16-15-12(19-13)9-4-3-5-10(14)6-9/h3-7H,14H2,1-2H3. The van der Waals surface area contributed by atoms with E-state index < -0.39 is 0 Å². The van der Waals surface area contributed by atoms with Crippen LogP contribution in [0.3, 0.4) is 0 Å². The summed E-state index contributed by atoms with van der Waals surface area (Å²) in [6.07, 6.45) is 1.85. The summed E-state index contributed by atoms with van der Waals surface area (Å²) in [5.74, 6) is 0.911. The zero-order chi connectivity index (χ0) is 13.4. The molecule has 0 atom stereocenters. The van der Waals surface area contributed by atoms with E-state index >= 15 is 0 Å². The first kappa shape index (κ1) is 11.5. The lowest BCUT2D eigenvalue weighted by atomic mass is 10.2. The summed E-state index contributed by atoms with van der Waals surface area (Å²) in [5.41, 5.74) is 8.90. The summed E-state index contributed by atoms with van der Waals surface area (Å²) in [6.45, 7) is 1.90. The van der Waals surface area contributed by atoms with Crippen molar-refractivity contribution >= 4 is 5.69 Å². The lowest BCUT2D eigenvalue weighted by Crippen LogP contribution is -1.86. The molecule has 96 valence electrons. The van der Waals surface area contributed by atoms with Crippen molar-refractivity contribution in [3.8, 4) is 22.9 Å². The Morgan fingerprint density at radius 3 is 2.68 bits per heavy atom. The van der Waals surface area contributed by atoms with Gasteiger partial charge in [0, 0.05) is 24.5 Å². The van der Waals surface area contributed by atoms with Gasteiger partial charge in [0.15, 0.2) is 0 Å². The molecule has 0 fully saturated rings. The highest BCUT2D eigenvalue weighted by atomic mass is 16.4. The van der Waals surface area contributed by atoms with Gasteiger partial charge in [-0.05, 0) is 25.1 Å². The second-order valence-corrected chi connectivity index (χ2v) is 4.34. The van der Waals surface area contributed by atoms with Gasteiger partial charge in [-0.25, -0.2) is 0 Å². The van der Waals surface area contributed by atoms with Crippen molar-refractivity contribution in [2.75, 3.05) is 5.73 Å². The zero-order valence-electron chi connectivity index (χ0n) is 10.7. The van der Waals surface area contributed by atoms with Crippen molar-refractivity contribution in [2.45, 2.75) is 6.92 Å². The van der Waals surface area contributed by atoms with E-state index in [1.807, 2.05) is 38.4 Å². The van der Waals surface area contributed by atoms with E-state index in [-0.39, 0.29) is 0 Å². The van der Waals surface area contributed by atoms with Crippen LogP contribution < -0.4 is 5.73 Å². The highest BCUT2D eigenvalue weighted by Crippen LogP contribution is 2.26. The van der Waals surface area contributed by atoms with Gasteiger partial charge in [-0.3, -0.25) is 4.68 Å². The Balaban J connectivity index is 2.02. The molecule has 1 aromatic carbocycles. The van der Waals surface area contributed by atoms with Gasteiger partial charge in [0.25, 0.3) is 5.89 Å². The Bertz CT molecular complexity index is 728. The zero-order valence-corrected chi connectivity index (χ0v) is 10.7. The number of nitrogens with zero attached hydrogens (tertiary/aromatic N) is 4. The molecular weight excluding hydrogens is 242 g/mol. The Morgan fingerprint density at radius 1 is 1.21 bits per heavy atom. The first-order valence-electron chi connectivity index (χ1n) is 5.83. The molecule has 0 amide bonds. The topological polar surface area (TPSA) is 82.8 Å². The largest absolute Gasteiger partial charge is 0.416 e. The van der Waals surface area contributed by atoms with Crippen molar-refractivity contribution in [1.82, 2.24) is 20.0 Å². The van der Waals surface area contributed by atoms with Crippen LogP contribution in [0.2, 0.25) is 0 Å². The Kier molecular flexibility index (Phi) is 2.56. The maximum atomic E-state index is 5.74. The summed E-state index contributed by atoms with van der Waals surface area (Å²) in [4.78, 5) is 0. The molecule has 6 nitrogen and oxygen atoms in total. The predicted octanol–water partition coefficient (Wildman–Crippen LogP) is 2.03. The normalized spacial score (nSPS) is 10.8. The van der Waals surface area contributed by atoms with Gasteiger partial charge in [-0.15, -0.1) is 10.2 Å². The molecule has 2 N–H and O–H groups in total. The number of rotatable bonds is 2. The second kappa shape index (κ2) is 4.24. The molecule has 0 bridgehead atoms. The lowest BCUT2D eigenvalue weighted by molar-refractivity contribution is 0.584. The minimum absolute atomic E-state index is 0.450. The number of nitrogens with two attached hydrogens (primary N) is 1. The van der Waals surface area contributed by atoms with Crippen LogP contribution >= 0.6 is 0 Å². The summed E-state index contributed by atoms with van der Waals surface area (Å²) < 4.78 is 7.39. The van der Waals surface area contributed by atoms with Crippen molar-refractivity contribution in [3.63, 3.8) is 0 Å². The van der Waals surface area contributed by atoms with Crippen LogP contribution in [-0.4, -0.2) is 20.0 Å². The maximum absolute atomic E-state index is 5.74. The summed E-state index contributed by atoms with van der Waals surface area (Å²) >= 11 is 0. The molecule has 3 aromatic rings. The van der Waals surface area contributed by atoms with Crippen LogP contribution in [0.15, 0.2) is 34.9 Å². The number of aryl methyl sites for hydroxylation is 2. The minimum Gasteiger partial charge on any atom is -0.416 e. The minimum atomic E-state index is 0.450. The van der Waals surface area contributed by atoms with E-state index in [4.69, 9.17) is 10.2 Å². The van der Waals surface area contributed by atoms with Crippen molar-refractivity contribution < 1.29 is 4.42 Å². The number of aromatic nitrogens is 4. The fourth-order valence-corrected chi connectivity index (χ4v) is 1.93. The third-order valence-electron chi connectivity index (χ3n) is 2.80. The van der Waals surface area contributed by atoms with Crippen molar-refractivity contribution in [1.29, 1.82) is 0 Å². The van der Waals surface area contributed by atoms with Crippen LogP contribution in [0.5, 0.6) is 0 Å². The maximum Gasteiger partial charge on any atom is 0.251 e. The fourth-order valence-electron chi connectivity index (χ4n) is 1.93. The van der Waals surface area contributed by atoms with Crippen LogP contribution in [0.1, 0.15) is 5.69 Å². The first-order valence-corrected chi connectivity index (χ1v) is 5.83. The highest BCUT2D eigenvalue weighted by molar-refractivity contribution is 5.62. The van der Waals surface area contributed by atoms with E-state index in [9.17, 15) is 0 Å². The van der Waals surface area contributed by atoms with Gasteiger partial charge in [0.1, 0.15) is 0 Å². The summed E-state index contributed by atoms with van der Waals surface area (Å²) in [7, 11) is 1.85. The molecule has 0 unspecified atom stereocenters. The molecule has 2 heterocycles.